The minimum atomic E-state index is -1.10. The van der Waals surface area contributed by atoms with Crippen LogP contribution in [0.15, 0.2) is 66.2 Å². The lowest BCUT2D eigenvalue weighted by molar-refractivity contribution is 0.0800. The van der Waals surface area contributed by atoms with Crippen molar-refractivity contribution in [1.82, 2.24) is 19.5 Å². The van der Waals surface area contributed by atoms with Crippen LogP contribution in [0, 0.1) is 0 Å². The summed E-state index contributed by atoms with van der Waals surface area (Å²) in [7, 11) is 0. The molecule has 36 heavy (non-hydrogen) atoms. The summed E-state index contributed by atoms with van der Waals surface area (Å²) in [4.78, 5) is 25.2. The number of halogens is 1. The number of hydrogen-bond donors (Lipinski definition) is 2. The molecule has 0 saturated heterocycles. The van der Waals surface area contributed by atoms with Crippen LogP contribution in [0.3, 0.4) is 0 Å². The monoisotopic (exact) mass is 520 g/mol. The fourth-order valence-electron chi connectivity index (χ4n) is 4.17. The minimum Gasteiger partial charge on any atom is -0.456 e. The van der Waals surface area contributed by atoms with Crippen LogP contribution >= 0.6 is 23.4 Å². The number of nitrogens with one attached hydrogen (secondary N) is 1. The fourth-order valence-corrected chi connectivity index (χ4v) is 5.15. The van der Waals surface area contributed by atoms with Crippen molar-refractivity contribution in [2.45, 2.75) is 38.1 Å². The Morgan fingerprint density at radius 2 is 2.06 bits per heavy atom. The molecule has 9 heteroatoms. The molecule has 0 fully saturated rings. The van der Waals surface area contributed by atoms with Crippen molar-refractivity contribution < 1.29 is 14.6 Å². The number of rotatable bonds is 8. The summed E-state index contributed by atoms with van der Waals surface area (Å²) >= 11 is 7.56. The second-order valence-electron chi connectivity index (χ2n) is 8.96. The first-order valence-corrected chi connectivity index (χ1v) is 12.9. The molecule has 0 aliphatic rings. The Morgan fingerprint density at radius 1 is 1.22 bits per heavy atom. The largest absolute Gasteiger partial charge is 0.456 e. The van der Waals surface area contributed by atoms with Crippen LogP contribution in [0.4, 0.5) is 0 Å². The van der Waals surface area contributed by atoms with E-state index in [0.717, 1.165) is 23.0 Å². The number of carbonyl (C=O) groups excluding carboxylic acids is 1. The Bertz CT molecular complexity index is 1570. The van der Waals surface area contributed by atoms with Gasteiger partial charge in [0.1, 0.15) is 11.5 Å². The molecule has 0 aliphatic carbocycles. The van der Waals surface area contributed by atoms with E-state index >= 15 is 0 Å². The molecule has 0 atom stereocenters. The molecule has 0 spiro atoms. The van der Waals surface area contributed by atoms with Crippen molar-refractivity contribution in [2.75, 3.05) is 5.75 Å². The third kappa shape index (κ3) is 4.84. The standard InChI is InChI=1S/C27H25ClN4O3S/c1-4-32-14-20(19-8-7-17(12-23(19)32)35-18-6-5-9-29-13-18)24(33)15-36-26-30-22-11-16(28)10-21(25(22)31-26)27(2,3)34/h5-14,34H,4,15H2,1-3H3,(H,30,31). The van der Waals surface area contributed by atoms with Gasteiger partial charge in [-0.3, -0.25) is 9.78 Å². The van der Waals surface area contributed by atoms with Crippen molar-refractivity contribution in [1.29, 1.82) is 0 Å². The highest BCUT2D eigenvalue weighted by Crippen LogP contribution is 2.33. The molecule has 0 radical (unpaired) electrons. The number of carbonyl (C=O) groups is 1. The first kappa shape index (κ1) is 24.4. The molecule has 2 aromatic carbocycles. The normalized spacial score (nSPS) is 11.9. The zero-order chi connectivity index (χ0) is 25.4. The molecule has 0 amide bonds. The van der Waals surface area contributed by atoms with Gasteiger partial charge in [-0.25, -0.2) is 4.98 Å². The molecule has 0 unspecified atom stereocenters. The summed E-state index contributed by atoms with van der Waals surface area (Å²) in [5, 5.41) is 12.5. The van der Waals surface area contributed by atoms with E-state index in [0.29, 0.717) is 38.3 Å². The van der Waals surface area contributed by atoms with E-state index in [4.69, 9.17) is 16.3 Å². The van der Waals surface area contributed by atoms with Crippen molar-refractivity contribution in [2.24, 2.45) is 0 Å². The number of aromatic nitrogens is 4. The lowest BCUT2D eigenvalue weighted by Gasteiger charge is -2.18. The van der Waals surface area contributed by atoms with E-state index in [1.165, 1.54) is 11.8 Å². The number of fused-ring (bicyclic) bond motifs is 2. The van der Waals surface area contributed by atoms with Crippen LogP contribution in [0.2, 0.25) is 5.02 Å². The van der Waals surface area contributed by atoms with Gasteiger partial charge in [-0.15, -0.1) is 0 Å². The molecule has 0 saturated carbocycles. The van der Waals surface area contributed by atoms with Gasteiger partial charge in [0.25, 0.3) is 0 Å². The van der Waals surface area contributed by atoms with Gasteiger partial charge in [-0.2, -0.15) is 0 Å². The summed E-state index contributed by atoms with van der Waals surface area (Å²) in [5.74, 6) is 1.54. The molecule has 5 aromatic rings. The van der Waals surface area contributed by atoms with Crippen molar-refractivity contribution >= 4 is 51.1 Å². The number of pyridine rings is 1. The number of H-pyrrole nitrogens is 1. The lowest BCUT2D eigenvalue weighted by atomic mass is 9.97. The number of hydrogen-bond acceptors (Lipinski definition) is 6. The van der Waals surface area contributed by atoms with E-state index in [2.05, 4.69) is 15.0 Å². The fraction of sp³-hybridized carbons (Fsp3) is 0.222. The Kier molecular flexibility index (Phi) is 6.51. The van der Waals surface area contributed by atoms with Crippen molar-refractivity contribution in [3.05, 3.63) is 77.2 Å². The third-order valence-corrected chi connectivity index (χ3v) is 6.99. The van der Waals surface area contributed by atoms with Gasteiger partial charge in [0, 0.05) is 46.5 Å². The van der Waals surface area contributed by atoms with Gasteiger partial charge in [0.15, 0.2) is 10.9 Å². The van der Waals surface area contributed by atoms with Crippen LogP contribution in [-0.2, 0) is 12.1 Å². The second-order valence-corrected chi connectivity index (χ2v) is 10.4. The summed E-state index contributed by atoms with van der Waals surface area (Å²) in [5.41, 5.74) is 2.49. The van der Waals surface area contributed by atoms with Gasteiger partial charge in [0.2, 0.25) is 0 Å². The molecule has 0 aliphatic heterocycles. The zero-order valence-corrected chi connectivity index (χ0v) is 21.7. The number of ketones is 1. The Morgan fingerprint density at radius 3 is 2.78 bits per heavy atom. The van der Waals surface area contributed by atoms with E-state index in [-0.39, 0.29) is 11.5 Å². The summed E-state index contributed by atoms with van der Waals surface area (Å²) < 4.78 is 7.97. The molecule has 2 N–H and O–H groups in total. The van der Waals surface area contributed by atoms with Gasteiger partial charge >= 0.3 is 0 Å². The van der Waals surface area contributed by atoms with Gasteiger partial charge in [-0.1, -0.05) is 23.4 Å². The maximum Gasteiger partial charge on any atom is 0.175 e. The quantitative estimate of drug-likeness (QED) is 0.177. The highest BCUT2D eigenvalue weighted by Gasteiger charge is 2.23. The smallest absolute Gasteiger partial charge is 0.175 e. The minimum absolute atomic E-state index is 0.000622. The van der Waals surface area contributed by atoms with Crippen LogP contribution in [-0.4, -0.2) is 36.2 Å². The van der Waals surface area contributed by atoms with E-state index in [1.807, 2.05) is 48.0 Å². The van der Waals surface area contributed by atoms with Crippen LogP contribution < -0.4 is 4.74 Å². The first-order valence-electron chi connectivity index (χ1n) is 11.5. The Labute approximate surface area is 217 Å². The number of thioether (sulfide) groups is 1. The van der Waals surface area contributed by atoms with E-state index in [9.17, 15) is 9.90 Å². The van der Waals surface area contributed by atoms with Crippen LogP contribution in [0.25, 0.3) is 21.9 Å². The summed E-state index contributed by atoms with van der Waals surface area (Å²) in [6.07, 6.45) is 5.25. The first-order chi connectivity index (χ1) is 17.2. The van der Waals surface area contributed by atoms with Crippen LogP contribution in [0.5, 0.6) is 11.5 Å². The van der Waals surface area contributed by atoms with Gasteiger partial charge in [-0.05, 0) is 57.2 Å². The molecule has 0 bridgehead atoms. The number of aryl methyl sites for hydroxylation is 1. The lowest BCUT2D eigenvalue weighted by Crippen LogP contribution is -2.16. The van der Waals surface area contributed by atoms with E-state index < -0.39 is 5.60 Å². The predicted octanol–water partition coefficient (Wildman–Crippen LogP) is 6.58. The SMILES string of the molecule is CCn1cc(C(=O)CSc2nc3c(C(C)(C)O)cc(Cl)cc3[nH]2)c2ccc(Oc3cccnc3)cc21. The third-order valence-electron chi connectivity index (χ3n) is 5.89. The number of nitrogens with zero attached hydrogens (tertiary/aromatic N) is 3. The second kappa shape index (κ2) is 9.61. The number of ether oxygens (including phenoxy) is 1. The predicted molar refractivity (Wildman–Crippen MR) is 143 cm³/mol. The number of aliphatic hydroxyl groups is 1. The Hall–Kier alpha value is -3.33. The average Bonchev–Trinajstić information content (AvgIpc) is 3.42. The highest BCUT2D eigenvalue weighted by atomic mass is 35.5. The molecule has 3 aromatic heterocycles. The van der Waals surface area contributed by atoms with Crippen LogP contribution in [0.1, 0.15) is 36.7 Å². The maximum absolute atomic E-state index is 13.3. The number of Topliss-reactive ketones (excluding diaryl/α,β-unsaturated/α-hetero) is 1. The number of imidazole rings is 1. The molecule has 5 rings (SSSR count). The molecular weight excluding hydrogens is 496 g/mol. The van der Waals surface area contributed by atoms with E-state index in [1.54, 1.807) is 38.4 Å². The molecule has 7 nitrogen and oxygen atoms in total. The van der Waals surface area contributed by atoms with Gasteiger partial charge in [0.05, 0.1) is 34.1 Å². The number of benzene rings is 2. The topological polar surface area (TPSA) is 93.0 Å². The number of aromatic amines is 1. The average molecular weight is 521 g/mol. The molecule has 184 valence electrons. The van der Waals surface area contributed by atoms with Gasteiger partial charge < -0.3 is 19.4 Å². The highest BCUT2D eigenvalue weighted by molar-refractivity contribution is 7.99. The molecular formula is C27H25ClN4O3S. The van der Waals surface area contributed by atoms with Crippen molar-refractivity contribution in [3.8, 4) is 11.5 Å². The van der Waals surface area contributed by atoms with Crippen molar-refractivity contribution in [3.63, 3.8) is 0 Å². The summed E-state index contributed by atoms with van der Waals surface area (Å²) in [6, 6.07) is 12.9. The molecule has 3 heterocycles. The summed E-state index contributed by atoms with van der Waals surface area (Å²) in [6.45, 7) is 6.15. The maximum atomic E-state index is 13.3. The Balaban J connectivity index is 1.39. The zero-order valence-electron chi connectivity index (χ0n) is 20.1.